The number of allylic oxidation sites excluding steroid dienone is 1. The van der Waals surface area contributed by atoms with Gasteiger partial charge in [-0.2, -0.15) is 5.10 Å². The summed E-state index contributed by atoms with van der Waals surface area (Å²) in [5.74, 6) is -2.36. The molecule has 3 atom stereocenters. The van der Waals surface area contributed by atoms with Crippen molar-refractivity contribution in [2.75, 3.05) is 6.61 Å². The van der Waals surface area contributed by atoms with Gasteiger partial charge in [0.15, 0.2) is 12.7 Å². The van der Waals surface area contributed by atoms with Crippen molar-refractivity contribution in [3.63, 3.8) is 0 Å². The fourth-order valence-electron chi connectivity index (χ4n) is 5.01. The van der Waals surface area contributed by atoms with E-state index in [1.165, 1.54) is 29.3 Å². The fourth-order valence-corrected chi connectivity index (χ4v) is 5.01. The largest absolute Gasteiger partial charge is 0.453 e. The van der Waals surface area contributed by atoms with Crippen LogP contribution in [0.1, 0.15) is 48.1 Å². The number of hydrogen-bond acceptors (Lipinski definition) is 5. The SMILES string of the molecule is O=C(OCC(=O)N1N=C2C(=Cc3ccc(F)cc3)CCCC2C1c1ccc(F)cc1)C(O)c1ccccc1. The van der Waals surface area contributed by atoms with Gasteiger partial charge in [-0.1, -0.05) is 54.6 Å². The highest BCUT2D eigenvalue weighted by molar-refractivity contribution is 6.08. The van der Waals surface area contributed by atoms with Gasteiger partial charge in [0, 0.05) is 5.92 Å². The van der Waals surface area contributed by atoms with Crippen molar-refractivity contribution in [2.24, 2.45) is 11.0 Å². The van der Waals surface area contributed by atoms with E-state index in [9.17, 15) is 23.5 Å². The quantitative estimate of drug-likeness (QED) is 0.447. The molecule has 0 bridgehead atoms. The highest BCUT2D eigenvalue weighted by Crippen LogP contribution is 2.44. The summed E-state index contributed by atoms with van der Waals surface area (Å²) in [7, 11) is 0. The molecule has 0 aromatic heterocycles. The molecule has 1 amide bonds. The number of hydrogen-bond donors (Lipinski definition) is 1. The average molecular weight is 517 g/mol. The highest BCUT2D eigenvalue weighted by Gasteiger charge is 2.44. The van der Waals surface area contributed by atoms with Gasteiger partial charge in [-0.3, -0.25) is 4.79 Å². The van der Waals surface area contributed by atoms with E-state index < -0.39 is 36.4 Å². The number of carbonyl (C=O) groups excluding carboxylic acids is 2. The molecule has 5 rings (SSSR count). The van der Waals surface area contributed by atoms with E-state index in [-0.39, 0.29) is 11.7 Å². The maximum atomic E-state index is 13.7. The molecule has 1 N–H and O–H groups in total. The molecule has 3 aromatic rings. The summed E-state index contributed by atoms with van der Waals surface area (Å²) in [6.45, 7) is -0.610. The van der Waals surface area contributed by atoms with Gasteiger partial charge in [-0.15, -0.1) is 0 Å². The number of carbonyl (C=O) groups is 2. The lowest BCUT2D eigenvalue weighted by molar-refractivity contribution is -0.160. The van der Waals surface area contributed by atoms with Crippen molar-refractivity contribution in [3.8, 4) is 0 Å². The Morgan fingerprint density at radius 3 is 2.34 bits per heavy atom. The molecule has 3 aromatic carbocycles. The monoisotopic (exact) mass is 516 g/mol. The zero-order chi connectivity index (χ0) is 26.6. The number of rotatable bonds is 6. The van der Waals surface area contributed by atoms with Crippen LogP contribution in [0, 0.1) is 17.6 Å². The van der Waals surface area contributed by atoms with Crippen LogP contribution in [0.4, 0.5) is 8.78 Å². The third kappa shape index (κ3) is 5.40. The van der Waals surface area contributed by atoms with Crippen LogP contribution in [0.5, 0.6) is 0 Å². The van der Waals surface area contributed by atoms with Gasteiger partial charge in [0.25, 0.3) is 5.91 Å². The minimum Gasteiger partial charge on any atom is -0.453 e. The molecular formula is C30H26F2N2O4. The first kappa shape index (κ1) is 25.5. The Hall–Kier alpha value is -4.17. The first-order valence-electron chi connectivity index (χ1n) is 12.4. The molecule has 0 radical (unpaired) electrons. The van der Waals surface area contributed by atoms with E-state index in [0.29, 0.717) is 11.1 Å². The van der Waals surface area contributed by atoms with Crippen LogP contribution in [0.3, 0.4) is 0 Å². The average Bonchev–Trinajstić information content (AvgIpc) is 3.34. The van der Waals surface area contributed by atoms with E-state index in [4.69, 9.17) is 4.74 Å². The van der Waals surface area contributed by atoms with Crippen molar-refractivity contribution >= 4 is 23.7 Å². The molecule has 1 heterocycles. The molecule has 3 unspecified atom stereocenters. The van der Waals surface area contributed by atoms with Crippen molar-refractivity contribution in [1.29, 1.82) is 0 Å². The van der Waals surface area contributed by atoms with E-state index in [1.807, 2.05) is 6.08 Å². The van der Waals surface area contributed by atoms with Crippen molar-refractivity contribution < 1.29 is 28.2 Å². The minimum atomic E-state index is -1.52. The van der Waals surface area contributed by atoms with Crippen molar-refractivity contribution in [1.82, 2.24) is 5.01 Å². The second-order valence-corrected chi connectivity index (χ2v) is 9.36. The summed E-state index contributed by atoms with van der Waals surface area (Å²) in [5, 5.41) is 16.3. The van der Waals surface area contributed by atoms with Crippen molar-refractivity contribution in [2.45, 2.75) is 31.4 Å². The van der Waals surface area contributed by atoms with Crippen molar-refractivity contribution in [3.05, 3.63) is 113 Å². The number of ether oxygens (including phenoxy) is 1. The Morgan fingerprint density at radius 1 is 1.00 bits per heavy atom. The number of esters is 1. The molecule has 1 aliphatic heterocycles. The molecule has 1 aliphatic carbocycles. The molecule has 1 saturated carbocycles. The van der Waals surface area contributed by atoms with Crippen LogP contribution in [-0.2, 0) is 14.3 Å². The van der Waals surface area contributed by atoms with E-state index in [0.717, 1.165) is 36.1 Å². The summed E-state index contributed by atoms with van der Waals surface area (Å²) < 4.78 is 32.3. The summed E-state index contributed by atoms with van der Waals surface area (Å²) in [5.41, 5.74) is 3.56. The maximum Gasteiger partial charge on any atom is 0.340 e. The normalized spacial score (nSPS) is 20.6. The van der Waals surface area contributed by atoms with E-state index in [1.54, 1.807) is 54.6 Å². The number of fused-ring (bicyclic) bond motifs is 1. The number of aliphatic hydroxyl groups excluding tert-OH is 1. The van der Waals surface area contributed by atoms with Gasteiger partial charge in [0.1, 0.15) is 11.6 Å². The first-order chi connectivity index (χ1) is 18.4. The van der Waals surface area contributed by atoms with Crippen LogP contribution >= 0.6 is 0 Å². The number of halogens is 2. The standard InChI is InChI=1S/C30H26F2N2O4/c31-23-13-9-19(10-14-23)17-22-7-4-8-25-27(22)33-34(28(25)20-11-15-24(32)16-12-20)26(35)18-38-30(37)29(36)21-5-2-1-3-6-21/h1-3,5-6,9-17,25,28-29,36H,4,7-8,18H2. The molecule has 0 spiro atoms. The summed E-state index contributed by atoms with van der Waals surface area (Å²) in [4.78, 5) is 25.8. The number of benzene rings is 3. The van der Waals surface area contributed by atoms with Crippen LogP contribution in [0.15, 0.2) is 89.5 Å². The van der Waals surface area contributed by atoms with Crippen LogP contribution in [-0.4, -0.2) is 34.3 Å². The molecule has 38 heavy (non-hydrogen) atoms. The van der Waals surface area contributed by atoms with Gasteiger partial charge in [-0.05, 0) is 71.9 Å². The van der Waals surface area contributed by atoms with Crippen LogP contribution in [0.2, 0.25) is 0 Å². The number of hydrazone groups is 1. The van der Waals surface area contributed by atoms with Gasteiger partial charge >= 0.3 is 5.97 Å². The maximum absolute atomic E-state index is 13.7. The Balaban J connectivity index is 1.41. The van der Waals surface area contributed by atoms with E-state index >= 15 is 0 Å². The summed E-state index contributed by atoms with van der Waals surface area (Å²) in [6.07, 6.45) is 2.78. The Morgan fingerprint density at radius 2 is 1.66 bits per heavy atom. The molecule has 8 heteroatoms. The third-order valence-electron chi connectivity index (χ3n) is 6.86. The van der Waals surface area contributed by atoms with Gasteiger partial charge in [-0.25, -0.2) is 18.6 Å². The zero-order valence-corrected chi connectivity index (χ0v) is 20.5. The molecule has 1 fully saturated rings. The Kier molecular flexibility index (Phi) is 7.42. The highest BCUT2D eigenvalue weighted by atomic mass is 19.1. The lowest BCUT2D eigenvalue weighted by Crippen LogP contribution is -2.35. The topological polar surface area (TPSA) is 79.2 Å². The number of nitrogens with zero attached hydrogens (tertiary/aromatic N) is 2. The Bertz CT molecular complexity index is 1370. The second kappa shape index (κ2) is 11.1. The second-order valence-electron chi connectivity index (χ2n) is 9.36. The molecule has 0 saturated heterocycles. The fraction of sp³-hybridized carbons (Fsp3) is 0.233. The smallest absolute Gasteiger partial charge is 0.340 e. The van der Waals surface area contributed by atoms with E-state index in [2.05, 4.69) is 5.10 Å². The summed E-state index contributed by atoms with van der Waals surface area (Å²) in [6, 6.07) is 19.9. The lowest BCUT2D eigenvalue weighted by Gasteiger charge is -2.29. The molecule has 6 nitrogen and oxygen atoms in total. The third-order valence-corrected chi connectivity index (χ3v) is 6.86. The summed E-state index contributed by atoms with van der Waals surface area (Å²) >= 11 is 0. The lowest BCUT2D eigenvalue weighted by atomic mass is 9.77. The van der Waals surface area contributed by atoms with Gasteiger partial charge in [0.05, 0.1) is 11.8 Å². The molecular weight excluding hydrogens is 490 g/mol. The molecule has 2 aliphatic rings. The Labute approximate surface area is 218 Å². The number of aliphatic hydroxyl groups is 1. The minimum absolute atomic E-state index is 0.143. The number of amides is 1. The predicted molar refractivity (Wildman–Crippen MR) is 138 cm³/mol. The molecule has 194 valence electrons. The van der Waals surface area contributed by atoms with Crippen LogP contribution < -0.4 is 0 Å². The first-order valence-corrected chi connectivity index (χ1v) is 12.4. The van der Waals surface area contributed by atoms with Crippen LogP contribution in [0.25, 0.3) is 6.08 Å². The zero-order valence-electron chi connectivity index (χ0n) is 20.5. The van der Waals surface area contributed by atoms with Gasteiger partial charge in [0.2, 0.25) is 0 Å². The van der Waals surface area contributed by atoms with Gasteiger partial charge < -0.3 is 9.84 Å². The predicted octanol–water partition coefficient (Wildman–Crippen LogP) is 5.36.